The van der Waals surface area contributed by atoms with Crippen LogP contribution in [0.15, 0.2) is 33.4 Å². The highest BCUT2D eigenvalue weighted by Gasteiger charge is 2.10. The summed E-state index contributed by atoms with van der Waals surface area (Å²) >= 11 is 5.80. The third-order valence-electron chi connectivity index (χ3n) is 2.44. The first-order chi connectivity index (χ1) is 8.70. The molecule has 0 bridgehead atoms. The predicted molar refractivity (Wildman–Crippen MR) is 84.4 cm³/mol. The maximum atomic E-state index is 5.53. The van der Waals surface area contributed by atoms with Gasteiger partial charge in [0.2, 0.25) is 5.89 Å². The van der Waals surface area contributed by atoms with Gasteiger partial charge in [-0.3, -0.25) is 0 Å². The Morgan fingerprint density at radius 3 is 3.06 bits per heavy atom. The molecule has 0 atom stereocenters. The molecule has 0 fully saturated rings. The van der Waals surface area contributed by atoms with Gasteiger partial charge in [0.1, 0.15) is 6.26 Å². The van der Waals surface area contributed by atoms with Crippen molar-refractivity contribution in [3.63, 3.8) is 0 Å². The Hall–Kier alpha value is -0.400. The second kappa shape index (κ2) is 6.68. The van der Waals surface area contributed by atoms with Crippen molar-refractivity contribution in [2.45, 2.75) is 19.9 Å². The van der Waals surface area contributed by atoms with E-state index in [2.05, 4.69) is 61.8 Å². The number of hydrogen-bond donors (Lipinski definition) is 1. The van der Waals surface area contributed by atoms with Crippen molar-refractivity contribution in [3.05, 3.63) is 38.2 Å². The lowest BCUT2D eigenvalue weighted by molar-refractivity contribution is 0.569. The Balaban J connectivity index is 2.16. The lowest BCUT2D eigenvalue weighted by atomic mass is 10.2. The smallest absolute Gasteiger partial charge is 0.227 e. The molecule has 1 aromatic heterocycles. The summed E-state index contributed by atoms with van der Waals surface area (Å²) in [6.07, 6.45) is 2.83. The fourth-order valence-corrected chi connectivity index (χ4v) is 2.47. The first kappa shape index (κ1) is 14.0. The molecule has 1 heterocycles. The van der Waals surface area contributed by atoms with Gasteiger partial charge in [0.25, 0.3) is 0 Å². The Labute approximate surface area is 129 Å². The fraction of sp³-hybridized carbons (Fsp3) is 0.308. The van der Waals surface area contributed by atoms with Crippen LogP contribution >= 0.6 is 38.5 Å². The monoisotopic (exact) mass is 420 g/mol. The molecule has 2 rings (SSSR count). The second-order valence-electron chi connectivity index (χ2n) is 3.94. The highest BCUT2D eigenvalue weighted by Crippen LogP contribution is 2.29. The second-order valence-corrected chi connectivity index (χ2v) is 6.04. The molecule has 0 saturated heterocycles. The third-order valence-corrected chi connectivity index (χ3v) is 3.81. The number of aromatic nitrogens is 1. The van der Waals surface area contributed by atoms with Crippen LogP contribution in [0.3, 0.4) is 0 Å². The van der Waals surface area contributed by atoms with Gasteiger partial charge in [-0.1, -0.05) is 6.92 Å². The molecule has 1 aromatic carbocycles. The van der Waals surface area contributed by atoms with Crippen LogP contribution in [0.2, 0.25) is 0 Å². The summed E-state index contributed by atoms with van der Waals surface area (Å²) < 4.78 is 7.69. The largest absolute Gasteiger partial charge is 0.444 e. The SMILES string of the molecule is CCCNCc1coc(-c2cc(I)ccc2Br)n1. The summed E-state index contributed by atoms with van der Waals surface area (Å²) in [5.74, 6) is 0.661. The first-order valence-electron chi connectivity index (χ1n) is 5.81. The average Bonchev–Trinajstić information content (AvgIpc) is 2.81. The molecule has 1 N–H and O–H groups in total. The maximum Gasteiger partial charge on any atom is 0.227 e. The van der Waals surface area contributed by atoms with Crippen LogP contribution in [0, 0.1) is 3.57 Å². The van der Waals surface area contributed by atoms with Gasteiger partial charge in [-0.25, -0.2) is 4.98 Å². The van der Waals surface area contributed by atoms with Crippen LogP contribution in [0.25, 0.3) is 11.5 Å². The summed E-state index contributed by atoms with van der Waals surface area (Å²) in [5, 5.41) is 3.31. The van der Waals surface area contributed by atoms with E-state index in [1.165, 1.54) is 0 Å². The van der Waals surface area contributed by atoms with Crippen molar-refractivity contribution in [3.8, 4) is 11.5 Å². The molecule has 0 unspecified atom stereocenters. The quantitative estimate of drug-likeness (QED) is 0.581. The van der Waals surface area contributed by atoms with E-state index in [0.717, 1.165) is 38.8 Å². The minimum Gasteiger partial charge on any atom is -0.444 e. The first-order valence-corrected chi connectivity index (χ1v) is 7.68. The number of oxazole rings is 1. The molecule has 0 aliphatic rings. The van der Waals surface area contributed by atoms with E-state index < -0.39 is 0 Å². The van der Waals surface area contributed by atoms with Crippen LogP contribution in [0.5, 0.6) is 0 Å². The number of nitrogens with zero attached hydrogens (tertiary/aromatic N) is 1. The molecule has 0 aliphatic heterocycles. The molecular formula is C13H14BrIN2O. The van der Waals surface area contributed by atoms with E-state index in [-0.39, 0.29) is 0 Å². The average molecular weight is 421 g/mol. The molecule has 0 aliphatic carbocycles. The van der Waals surface area contributed by atoms with Crippen LogP contribution in [0.4, 0.5) is 0 Å². The van der Waals surface area contributed by atoms with Crippen LogP contribution < -0.4 is 5.32 Å². The zero-order valence-electron chi connectivity index (χ0n) is 10.0. The van der Waals surface area contributed by atoms with Crippen LogP contribution in [-0.4, -0.2) is 11.5 Å². The minimum atomic E-state index is 0.661. The van der Waals surface area contributed by atoms with Crippen LogP contribution in [0.1, 0.15) is 19.0 Å². The van der Waals surface area contributed by atoms with Gasteiger partial charge in [0.15, 0.2) is 0 Å². The van der Waals surface area contributed by atoms with E-state index in [0.29, 0.717) is 5.89 Å². The van der Waals surface area contributed by atoms with E-state index in [4.69, 9.17) is 4.42 Å². The normalized spacial score (nSPS) is 10.8. The Kier molecular flexibility index (Phi) is 5.20. The van der Waals surface area contributed by atoms with Crippen molar-refractivity contribution < 1.29 is 4.42 Å². The summed E-state index contributed by atoms with van der Waals surface area (Å²) in [6, 6.07) is 6.11. The molecule has 2 aromatic rings. The number of hydrogen-bond acceptors (Lipinski definition) is 3. The minimum absolute atomic E-state index is 0.661. The van der Waals surface area contributed by atoms with Gasteiger partial charge >= 0.3 is 0 Å². The molecule has 0 amide bonds. The van der Waals surface area contributed by atoms with Gasteiger partial charge in [-0.05, 0) is 69.7 Å². The molecule has 0 radical (unpaired) electrons. The van der Waals surface area contributed by atoms with Crippen molar-refractivity contribution in [1.82, 2.24) is 10.3 Å². The molecule has 18 heavy (non-hydrogen) atoms. The standard InChI is InChI=1S/C13H14BrIN2O/c1-2-5-16-7-10-8-18-13(17-10)11-6-9(15)3-4-12(11)14/h3-4,6,8,16H,2,5,7H2,1H3. The van der Waals surface area contributed by atoms with Crippen molar-refractivity contribution >= 4 is 38.5 Å². The van der Waals surface area contributed by atoms with Gasteiger partial charge < -0.3 is 9.73 Å². The number of benzene rings is 1. The fourth-order valence-electron chi connectivity index (χ4n) is 1.57. The van der Waals surface area contributed by atoms with Crippen molar-refractivity contribution in [1.29, 1.82) is 0 Å². The Morgan fingerprint density at radius 2 is 2.28 bits per heavy atom. The van der Waals surface area contributed by atoms with Gasteiger partial charge in [0, 0.05) is 14.6 Å². The summed E-state index contributed by atoms with van der Waals surface area (Å²) in [5.41, 5.74) is 1.92. The summed E-state index contributed by atoms with van der Waals surface area (Å²) in [4.78, 5) is 4.49. The lowest BCUT2D eigenvalue weighted by Crippen LogP contribution is -2.13. The zero-order valence-corrected chi connectivity index (χ0v) is 13.8. The molecule has 0 saturated carbocycles. The Bertz CT molecular complexity index is 527. The van der Waals surface area contributed by atoms with Crippen molar-refractivity contribution in [2.24, 2.45) is 0 Å². The van der Waals surface area contributed by atoms with Gasteiger partial charge in [-0.2, -0.15) is 0 Å². The van der Waals surface area contributed by atoms with Gasteiger partial charge in [-0.15, -0.1) is 0 Å². The Morgan fingerprint density at radius 1 is 1.44 bits per heavy atom. The summed E-state index contributed by atoms with van der Waals surface area (Å²) in [7, 11) is 0. The van der Waals surface area contributed by atoms with Gasteiger partial charge in [0.05, 0.1) is 11.3 Å². The molecular weight excluding hydrogens is 407 g/mol. The highest BCUT2D eigenvalue weighted by molar-refractivity contribution is 14.1. The van der Waals surface area contributed by atoms with Crippen LogP contribution in [-0.2, 0) is 6.54 Å². The number of halogens is 2. The highest BCUT2D eigenvalue weighted by atomic mass is 127. The third kappa shape index (κ3) is 3.55. The topological polar surface area (TPSA) is 38.1 Å². The van der Waals surface area contributed by atoms with E-state index in [1.807, 2.05) is 12.1 Å². The summed E-state index contributed by atoms with van der Waals surface area (Å²) in [6.45, 7) is 3.89. The molecule has 5 heteroatoms. The van der Waals surface area contributed by atoms with Crippen molar-refractivity contribution in [2.75, 3.05) is 6.54 Å². The zero-order chi connectivity index (χ0) is 13.0. The number of rotatable bonds is 5. The molecule has 96 valence electrons. The molecule has 3 nitrogen and oxygen atoms in total. The predicted octanol–water partition coefficient (Wildman–Crippen LogP) is 4.21. The molecule has 0 spiro atoms. The van der Waals surface area contributed by atoms with E-state index >= 15 is 0 Å². The maximum absolute atomic E-state index is 5.53. The number of nitrogens with one attached hydrogen (secondary N) is 1. The van der Waals surface area contributed by atoms with E-state index in [1.54, 1.807) is 6.26 Å². The lowest BCUT2D eigenvalue weighted by Gasteiger charge is -2.00. The van der Waals surface area contributed by atoms with E-state index in [9.17, 15) is 0 Å².